The van der Waals surface area contributed by atoms with Gasteiger partial charge in [-0.05, 0) is 13.5 Å². The van der Waals surface area contributed by atoms with Gasteiger partial charge in [-0.1, -0.05) is 26.0 Å². The Balaban J connectivity index is 2.71. The fourth-order valence-electron chi connectivity index (χ4n) is 1.56. The lowest BCUT2D eigenvalue weighted by Gasteiger charge is -2.12. The largest absolute Gasteiger partial charge is 0.369 e. The minimum atomic E-state index is 0.822. The molecule has 3 N–H and O–H groups in total. The van der Waals surface area contributed by atoms with Crippen LogP contribution in [0.2, 0.25) is 0 Å². The highest BCUT2D eigenvalue weighted by Gasteiger charge is 2.07. The number of anilines is 2. The van der Waals surface area contributed by atoms with E-state index in [9.17, 15) is 0 Å². The van der Waals surface area contributed by atoms with Crippen LogP contribution in [-0.2, 0) is 0 Å². The van der Waals surface area contributed by atoms with Gasteiger partial charge in [0, 0.05) is 19.6 Å². The van der Waals surface area contributed by atoms with Gasteiger partial charge in [0.25, 0.3) is 0 Å². The molecule has 0 fully saturated rings. The average Bonchev–Trinajstić information content (AvgIpc) is 2.39. The number of nitrogens with one attached hydrogen (secondary N) is 3. The number of rotatable bonds is 9. The average molecular weight is 249 g/mol. The first-order valence-corrected chi connectivity index (χ1v) is 6.43. The molecule has 0 bridgehead atoms. The van der Waals surface area contributed by atoms with Gasteiger partial charge >= 0.3 is 0 Å². The zero-order valence-corrected chi connectivity index (χ0v) is 11.3. The van der Waals surface area contributed by atoms with Crippen molar-refractivity contribution < 1.29 is 0 Å². The molecular formula is C13H23N5. The number of likely N-dealkylation sites (N-methyl/N-ethyl adjacent to an activating group) is 1. The van der Waals surface area contributed by atoms with Crippen LogP contribution in [0.15, 0.2) is 12.9 Å². The van der Waals surface area contributed by atoms with E-state index < -0.39 is 0 Å². The highest BCUT2D eigenvalue weighted by atomic mass is 15.1. The third kappa shape index (κ3) is 4.33. The molecule has 1 aromatic rings. The third-order valence-corrected chi connectivity index (χ3v) is 2.58. The van der Waals surface area contributed by atoms with Crippen LogP contribution in [0.5, 0.6) is 0 Å². The van der Waals surface area contributed by atoms with Crippen molar-refractivity contribution in [3.05, 3.63) is 18.5 Å². The summed E-state index contributed by atoms with van der Waals surface area (Å²) in [5.74, 6) is 1.68. The maximum atomic E-state index is 4.26. The van der Waals surface area contributed by atoms with Gasteiger partial charge < -0.3 is 16.0 Å². The van der Waals surface area contributed by atoms with Crippen LogP contribution in [0, 0.1) is 0 Å². The van der Waals surface area contributed by atoms with Gasteiger partial charge in [0.05, 0.1) is 5.56 Å². The molecule has 5 nitrogen and oxygen atoms in total. The van der Waals surface area contributed by atoms with Crippen molar-refractivity contribution in [2.45, 2.75) is 19.8 Å². The van der Waals surface area contributed by atoms with Crippen molar-refractivity contribution in [2.75, 3.05) is 37.3 Å². The molecule has 0 aliphatic heterocycles. The van der Waals surface area contributed by atoms with Crippen LogP contribution in [0.3, 0.4) is 0 Å². The van der Waals surface area contributed by atoms with Gasteiger partial charge in [0.15, 0.2) is 0 Å². The Morgan fingerprint density at radius 2 is 1.83 bits per heavy atom. The lowest BCUT2D eigenvalue weighted by atomic mass is 10.2. The minimum Gasteiger partial charge on any atom is -0.369 e. The van der Waals surface area contributed by atoms with Crippen molar-refractivity contribution in [2.24, 2.45) is 0 Å². The summed E-state index contributed by atoms with van der Waals surface area (Å²) in [7, 11) is 1.92. The molecule has 0 aliphatic rings. The highest BCUT2D eigenvalue weighted by Crippen LogP contribution is 2.20. The normalized spacial score (nSPS) is 10.1. The van der Waals surface area contributed by atoms with Gasteiger partial charge in [0.2, 0.25) is 0 Å². The van der Waals surface area contributed by atoms with Crippen molar-refractivity contribution in [1.82, 2.24) is 15.3 Å². The Hall–Kier alpha value is -1.62. The molecule has 0 aromatic carbocycles. The predicted octanol–water partition coefficient (Wildman–Crippen LogP) is 1.96. The summed E-state index contributed by atoms with van der Waals surface area (Å²) in [6, 6.07) is 0. The fourth-order valence-corrected chi connectivity index (χ4v) is 1.56. The lowest BCUT2D eigenvalue weighted by molar-refractivity contribution is 0.819. The van der Waals surface area contributed by atoms with Gasteiger partial charge in [-0.15, -0.1) is 0 Å². The first-order chi connectivity index (χ1) is 8.83. The quantitative estimate of drug-likeness (QED) is 0.584. The molecule has 0 amide bonds. The molecule has 5 heteroatoms. The minimum absolute atomic E-state index is 0.822. The lowest BCUT2D eigenvalue weighted by Crippen LogP contribution is -2.19. The molecule has 1 heterocycles. The second kappa shape index (κ2) is 8.47. The summed E-state index contributed by atoms with van der Waals surface area (Å²) in [5.41, 5.74) is 0.935. The summed E-state index contributed by atoms with van der Waals surface area (Å²) < 4.78 is 0. The molecule has 100 valence electrons. The second-order valence-corrected chi connectivity index (χ2v) is 4.00. The number of hydrogen-bond donors (Lipinski definition) is 3. The van der Waals surface area contributed by atoms with Crippen LogP contribution in [0.1, 0.15) is 25.3 Å². The number of nitrogens with zero attached hydrogens (tertiary/aromatic N) is 2. The van der Waals surface area contributed by atoms with E-state index in [0.29, 0.717) is 0 Å². The van der Waals surface area contributed by atoms with E-state index in [0.717, 1.165) is 49.7 Å². The molecule has 0 spiro atoms. The second-order valence-electron chi connectivity index (χ2n) is 4.00. The van der Waals surface area contributed by atoms with E-state index in [1.165, 1.54) is 0 Å². The first kappa shape index (κ1) is 14.4. The molecule has 0 radical (unpaired) electrons. The van der Waals surface area contributed by atoms with Crippen LogP contribution >= 0.6 is 0 Å². The molecular weight excluding hydrogens is 226 g/mol. The van der Waals surface area contributed by atoms with Crippen molar-refractivity contribution in [3.63, 3.8) is 0 Å². The maximum Gasteiger partial charge on any atom is 0.138 e. The smallest absolute Gasteiger partial charge is 0.138 e. The molecule has 18 heavy (non-hydrogen) atoms. The fraction of sp³-hybridized carbons (Fsp3) is 0.538. The van der Waals surface area contributed by atoms with Crippen LogP contribution < -0.4 is 16.0 Å². The highest BCUT2D eigenvalue weighted by molar-refractivity contribution is 5.72. The molecule has 0 atom stereocenters. The van der Waals surface area contributed by atoms with Gasteiger partial charge in [0.1, 0.15) is 18.0 Å². The summed E-state index contributed by atoms with van der Waals surface area (Å²) in [4.78, 5) is 8.51. The summed E-state index contributed by atoms with van der Waals surface area (Å²) >= 11 is 0. The first-order valence-electron chi connectivity index (χ1n) is 6.43. The van der Waals surface area contributed by atoms with Crippen molar-refractivity contribution in [1.29, 1.82) is 0 Å². The molecule has 0 saturated heterocycles. The number of unbranched alkanes of at least 4 members (excludes halogenated alkanes) is 1. The molecule has 0 saturated carbocycles. The molecule has 0 aliphatic carbocycles. The Labute approximate surface area is 109 Å². The predicted molar refractivity (Wildman–Crippen MR) is 77.9 cm³/mol. The number of hydrogen-bond acceptors (Lipinski definition) is 5. The monoisotopic (exact) mass is 249 g/mol. The van der Waals surface area contributed by atoms with Crippen LogP contribution in [0.25, 0.3) is 6.08 Å². The van der Waals surface area contributed by atoms with Gasteiger partial charge in [-0.25, -0.2) is 9.97 Å². The van der Waals surface area contributed by atoms with Gasteiger partial charge in [-0.2, -0.15) is 0 Å². The van der Waals surface area contributed by atoms with E-state index in [4.69, 9.17) is 0 Å². The maximum absolute atomic E-state index is 4.26. The van der Waals surface area contributed by atoms with Crippen LogP contribution in [0.4, 0.5) is 11.6 Å². The Morgan fingerprint density at radius 3 is 2.39 bits per heavy atom. The molecule has 1 rings (SSSR count). The Bertz CT molecular complexity index is 336. The Kier molecular flexibility index (Phi) is 6.79. The topological polar surface area (TPSA) is 61.9 Å². The van der Waals surface area contributed by atoms with E-state index >= 15 is 0 Å². The zero-order chi connectivity index (χ0) is 13.2. The van der Waals surface area contributed by atoms with E-state index in [1.807, 2.05) is 7.05 Å². The summed E-state index contributed by atoms with van der Waals surface area (Å²) in [6.07, 6.45) is 5.65. The molecule has 1 aromatic heterocycles. The van der Waals surface area contributed by atoms with Crippen molar-refractivity contribution in [3.8, 4) is 0 Å². The number of aromatic nitrogens is 2. The summed E-state index contributed by atoms with van der Waals surface area (Å²) in [5, 5.41) is 9.67. The standard InChI is InChI=1S/C13H23N5/c1-4-6-7-15-12-11(5-2)13(18-10-17-12)16-9-8-14-3/h5,10,14H,2,4,6-9H2,1,3H3,(H2,15,16,17,18). The van der Waals surface area contributed by atoms with Gasteiger partial charge in [-0.3, -0.25) is 0 Å². The van der Waals surface area contributed by atoms with Crippen LogP contribution in [-0.4, -0.2) is 36.6 Å². The zero-order valence-electron chi connectivity index (χ0n) is 11.3. The SMILES string of the molecule is C=Cc1c(NCCCC)ncnc1NCCNC. The third-order valence-electron chi connectivity index (χ3n) is 2.58. The molecule has 0 unspecified atom stereocenters. The van der Waals surface area contributed by atoms with E-state index in [1.54, 1.807) is 12.4 Å². The van der Waals surface area contributed by atoms with Crippen molar-refractivity contribution >= 4 is 17.7 Å². The summed E-state index contributed by atoms with van der Waals surface area (Å²) in [6.45, 7) is 8.63. The van der Waals surface area contributed by atoms with E-state index in [2.05, 4.69) is 39.4 Å². The van der Waals surface area contributed by atoms with E-state index in [-0.39, 0.29) is 0 Å². The Morgan fingerprint density at radius 1 is 1.17 bits per heavy atom.